The highest BCUT2D eigenvalue weighted by Crippen LogP contribution is 2.42. The van der Waals surface area contributed by atoms with E-state index in [1.807, 2.05) is 54.8 Å². The topological polar surface area (TPSA) is 44.1 Å². The molecule has 1 amide bonds. The molecular weight excluding hydrogens is 408 g/mol. The number of halogens is 1. The average molecular weight is 425 g/mol. The zero-order chi connectivity index (χ0) is 18.7. The lowest BCUT2D eigenvalue weighted by Crippen LogP contribution is -2.20. The van der Waals surface area contributed by atoms with Crippen molar-refractivity contribution in [2.24, 2.45) is 0 Å². The SMILES string of the molecule is CS/C(=C\C#N)C/C(=C1\C(=O)N(C)c2ccccc21)c1ccc(Br)cc1. The Morgan fingerprint density at radius 3 is 2.58 bits per heavy atom. The van der Waals surface area contributed by atoms with E-state index in [4.69, 9.17) is 5.26 Å². The number of para-hydroxylation sites is 1. The number of carbonyl (C=O) groups is 1. The highest BCUT2D eigenvalue weighted by atomic mass is 79.9. The number of hydrogen-bond donors (Lipinski definition) is 0. The maximum Gasteiger partial charge on any atom is 0.259 e. The molecule has 0 saturated heterocycles. The Bertz CT molecular complexity index is 955. The Morgan fingerprint density at radius 2 is 1.92 bits per heavy atom. The molecule has 26 heavy (non-hydrogen) atoms. The van der Waals surface area contributed by atoms with Gasteiger partial charge in [-0.3, -0.25) is 4.79 Å². The molecule has 2 aromatic carbocycles. The third kappa shape index (κ3) is 3.48. The van der Waals surface area contributed by atoms with E-state index in [9.17, 15) is 4.79 Å². The second kappa shape index (κ2) is 7.94. The maximum atomic E-state index is 13.0. The van der Waals surface area contributed by atoms with Crippen molar-refractivity contribution in [3.8, 4) is 6.07 Å². The summed E-state index contributed by atoms with van der Waals surface area (Å²) in [6, 6.07) is 17.9. The highest BCUT2D eigenvalue weighted by molar-refractivity contribution is 9.10. The maximum absolute atomic E-state index is 13.0. The molecule has 0 unspecified atom stereocenters. The number of benzene rings is 2. The first-order valence-corrected chi connectivity index (χ1v) is 10.1. The van der Waals surface area contributed by atoms with Crippen LogP contribution in [0.25, 0.3) is 11.1 Å². The van der Waals surface area contributed by atoms with Crippen molar-refractivity contribution in [1.82, 2.24) is 0 Å². The lowest BCUT2D eigenvalue weighted by atomic mass is 9.93. The molecule has 0 radical (unpaired) electrons. The first-order chi connectivity index (χ1) is 12.6. The van der Waals surface area contributed by atoms with Gasteiger partial charge in [0.1, 0.15) is 0 Å². The van der Waals surface area contributed by atoms with Crippen LogP contribution in [0.1, 0.15) is 17.5 Å². The van der Waals surface area contributed by atoms with Gasteiger partial charge in [0.15, 0.2) is 0 Å². The molecule has 130 valence electrons. The summed E-state index contributed by atoms with van der Waals surface area (Å²) >= 11 is 5.00. The van der Waals surface area contributed by atoms with Crippen LogP contribution in [0, 0.1) is 11.3 Å². The summed E-state index contributed by atoms with van der Waals surface area (Å²) in [7, 11) is 1.80. The van der Waals surface area contributed by atoms with Gasteiger partial charge < -0.3 is 4.90 Å². The highest BCUT2D eigenvalue weighted by Gasteiger charge is 2.32. The Labute approximate surface area is 166 Å². The van der Waals surface area contributed by atoms with Gasteiger partial charge in [0.2, 0.25) is 0 Å². The molecule has 2 aromatic rings. The normalized spacial score (nSPS) is 15.7. The lowest BCUT2D eigenvalue weighted by molar-refractivity contribution is -0.112. The van der Waals surface area contributed by atoms with Crippen LogP contribution in [-0.4, -0.2) is 19.2 Å². The van der Waals surface area contributed by atoms with Crippen LogP contribution in [0.2, 0.25) is 0 Å². The van der Waals surface area contributed by atoms with Gasteiger partial charge in [-0.1, -0.05) is 46.3 Å². The Balaban J connectivity index is 2.25. The zero-order valence-electron chi connectivity index (χ0n) is 14.5. The van der Waals surface area contributed by atoms with Crippen LogP contribution in [0.5, 0.6) is 0 Å². The summed E-state index contributed by atoms with van der Waals surface area (Å²) < 4.78 is 0.985. The third-order valence-corrected chi connectivity index (χ3v) is 5.70. The van der Waals surface area contributed by atoms with E-state index in [1.54, 1.807) is 18.0 Å². The van der Waals surface area contributed by atoms with Gasteiger partial charge in [-0.05, 0) is 40.5 Å². The Hall–Kier alpha value is -2.29. The van der Waals surface area contributed by atoms with E-state index in [-0.39, 0.29) is 5.91 Å². The van der Waals surface area contributed by atoms with E-state index in [0.29, 0.717) is 12.0 Å². The first-order valence-electron chi connectivity index (χ1n) is 8.06. The second-order valence-corrected chi connectivity index (χ2v) is 7.71. The minimum Gasteiger partial charge on any atom is -0.311 e. The van der Waals surface area contributed by atoms with Crippen molar-refractivity contribution in [3.05, 3.63) is 75.1 Å². The second-order valence-electron chi connectivity index (χ2n) is 5.86. The van der Waals surface area contributed by atoms with E-state index in [1.165, 1.54) is 11.8 Å². The standard InChI is InChI=1S/C21H17BrN2OS/c1-24-19-6-4-3-5-17(19)20(21(24)25)18(13-16(26-2)11-12-23)14-7-9-15(22)10-8-14/h3-11H,13H2,1-2H3/b16-11-,20-18+. The smallest absolute Gasteiger partial charge is 0.259 e. The number of fused-ring (bicyclic) bond motifs is 1. The largest absolute Gasteiger partial charge is 0.311 e. The zero-order valence-corrected chi connectivity index (χ0v) is 16.9. The van der Waals surface area contributed by atoms with E-state index in [0.717, 1.165) is 31.8 Å². The van der Waals surface area contributed by atoms with E-state index < -0.39 is 0 Å². The number of allylic oxidation sites excluding steroid dienone is 3. The quantitative estimate of drug-likeness (QED) is 0.480. The number of amides is 1. The minimum absolute atomic E-state index is 0.0125. The minimum atomic E-state index is -0.0125. The fourth-order valence-electron chi connectivity index (χ4n) is 3.08. The van der Waals surface area contributed by atoms with Gasteiger partial charge >= 0.3 is 0 Å². The fourth-order valence-corrected chi connectivity index (χ4v) is 3.80. The van der Waals surface area contributed by atoms with Gasteiger partial charge in [-0.25, -0.2) is 0 Å². The van der Waals surface area contributed by atoms with Crippen molar-refractivity contribution in [2.45, 2.75) is 6.42 Å². The molecular formula is C21H17BrN2OS. The summed E-state index contributed by atoms with van der Waals surface area (Å²) in [5.41, 5.74) is 4.49. The molecule has 0 atom stereocenters. The van der Waals surface area contributed by atoms with Crippen LogP contribution in [0.4, 0.5) is 5.69 Å². The Kier molecular flexibility index (Phi) is 5.65. The van der Waals surface area contributed by atoms with Crippen molar-refractivity contribution in [3.63, 3.8) is 0 Å². The van der Waals surface area contributed by atoms with Crippen LogP contribution in [0.3, 0.4) is 0 Å². The number of carbonyl (C=O) groups excluding carboxylic acids is 1. The number of anilines is 1. The number of nitriles is 1. The van der Waals surface area contributed by atoms with Crippen LogP contribution >= 0.6 is 27.7 Å². The van der Waals surface area contributed by atoms with E-state index >= 15 is 0 Å². The summed E-state index contributed by atoms with van der Waals surface area (Å²) in [4.78, 5) is 15.7. The van der Waals surface area contributed by atoms with Crippen molar-refractivity contribution in [2.75, 3.05) is 18.2 Å². The number of thioether (sulfide) groups is 1. The molecule has 5 heteroatoms. The molecule has 0 spiro atoms. The van der Waals surface area contributed by atoms with Gasteiger partial charge in [-0.2, -0.15) is 5.26 Å². The summed E-state index contributed by atoms with van der Waals surface area (Å²) in [6.07, 6.45) is 4.04. The molecule has 0 N–H and O–H groups in total. The number of rotatable bonds is 4. The van der Waals surface area contributed by atoms with Crippen LogP contribution in [0.15, 0.2) is 64.0 Å². The van der Waals surface area contributed by atoms with Gasteiger partial charge in [-0.15, -0.1) is 11.8 Å². The van der Waals surface area contributed by atoms with Crippen molar-refractivity contribution >= 4 is 50.4 Å². The van der Waals surface area contributed by atoms with Gasteiger partial charge in [0, 0.05) is 29.6 Å². The van der Waals surface area contributed by atoms with E-state index in [2.05, 4.69) is 22.0 Å². The number of nitrogens with zero attached hydrogens (tertiary/aromatic N) is 2. The number of likely N-dealkylation sites (N-methyl/N-ethyl adjacent to an activating group) is 1. The fraction of sp³-hybridized carbons (Fsp3) is 0.143. The first kappa shape index (κ1) is 18.5. The summed E-state index contributed by atoms with van der Waals surface area (Å²) in [5, 5.41) is 9.07. The third-order valence-electron chi connectivity index (χ3n) is 4.39. The van der Waals surface area contributed by atoms with Crippen LogP contribution in [-0.2, 0) is 4.79 Å². The Morgan fingerprint density at radius 1 is 1.23 bits per heavy atom. The molecule has 0 aromatic heterocycles. The summed E-state index contributed by atoms with van der Waals surface area (Å²) in [6.45, 7) is 0. The molecule has 0 fully saturated rings. The van der Waals surface area contributed by atoms with Gasteiger partial charge in [0.25, 0.3) is 5.91 Å². The molecule has 3 nitrogen and oxygen atoms in total. The molecule has 1 aliphatic heterocycles. The lowest BCUT2D eigenvalue weighted by Gasteiger charge is -2.14. The molecule has 0 saturated carbocycles. The van der Waals surface area contributed by atoms with Gasteiger partial charge in [0.05, 0.1) is 17.3 Å². The molecule has 1 aliphatic rings. The summed E-state index contributed by atoms with van der Waals surface area (Å²) in [5.74, 6) is -0.0125. The average Bonchev–Trinajstić information content (AvgIpc) is 2.91. The van der Waals surface area contributed by atoms with Crippen molar-refractivity contribution < 1.29 is 4.79 Å². The predicted octanol–water partition coefficient (Wildman–Crippen LogP) is 5.50. The van der Waals surface area contributed by atoms with Crippen LogP contribution < -0.4 is 4.90 Å². The predicted molar refractivity (Wildman–Crippen MR) is 113 cm³/mol. The monoisotopic (exact) mass is 424 g/mol. The molecule has 0 bridgehead atoms. The molecule has 0 aliphatic carbocycles. The molecule has 1 heterocycles. The van der Waals surface area contributed by atoms with Crippen molar-refractivity contribution in [1.29, 1.82) is 5.26 Å². The number of hydrogen-bond acceptors (Lipinski definition) is 3. The molecule has 3 rings (SSSR count).